The lowest BCUT2D eigenvalue weighted by molar-refractivity contribution is -0.142. The van der Waals surface area contributed by atoms with E-state index in [1.165, 1.54) is 4.90 Å². The largest absolute Gasteiger partial charge is 0.484 e. The molecule has 0 saturated carbocycles. The van der Waals surface area contributed by atoms with E-state index < -0.39 is 6.04 Å². The number of hydrogen-bond acceptors (Lipinski definition) is 4. The number of halogens is 1. The van der Waals surface area contributed by atoms with Gasteiger partial charge < -0.3 is 19.7 Å². The van der Waals surface area contributed by atoms with Crippen molar-refractivity contribution in [1.29, 1.82) is 0 Å². The van der Waals surface area contributed by atoms with Crippen LogP contribution in [-0.2, 0) is 20.9 Å². The summed E-state index contributed by atoms with van der Waals surface area (Å²) in [6.45, 7) is 5.50. The van der Waals surface area contributed by atoms with Crippen molar-refractivity contribution in [3.8, 4) is 5.75 Å². The molecule has 0 saturated heterocycles. The molecule has 0 aliphatic heterocycles. The van der Waals surface area contributed by atoms with Gasteiger partial charge in [-0.25, -0.2) is 0 Å². The molecule has 1 unspecified atom stereocenters. The standard InChI is InChI=1S/C23H29ClN2O4/c1-3-29-15-7-14-25-23(28)18(2)26(16-19-10-12-20(24)13-11-19)22(27)17-30-21-8-5-4-6-9-21/h4-6,8-13,18H,3,7,14-17H2,1-2H3,(H,25,28). The average Bonchev–Trinajstić information content (AvgIpc) is 2.77. The van der Waals surface area contributed by atoms with E-state index in [0.29, 0.717) is 37.0 Å². The van der Waals surface area contributed by atoms with E-state index in [1.54, 1.807) is 31.2 Å². The molecule has 2 amide bonds. The van der Waals surface area contributed by atoms with Gasteiger partial charge in [-0.15, -0.1) is 0 Å². The molecule has 2 aromatic carbocycles. The lowest BCUT2D eigenvalue weighted by atomic mass is 10.1. The van der Waals surface area contributed by atoms with Crippen LogP contribution in [0.25, 0.3) is 0 Å². The van der Waals surface area contributed by atoms with Crippen molar-refractivity contribution in [3.05, 3.63) is 65.2 Å². The molecule has 1 N–H and O–H groups in total. The minimum atomic E-state index is -0.653. The second-order valence-electron chi connectivity index (χ2n) is 6.77. The van der Waals surface area contributed by atoms with Crippen molar-refractivity contribution >= 4 is 23.4 Å². The Balaban J connectivity index is 2.02. The summed E-state index contributed by atoms with van der Waals surface area (Å²) in [7, 11) is 0. The summed E-state index contributed by atoms with van der Waals surface area (Å²) >= 11 is 5.96. The van der Waals surface area contributed by atoms with Gasteiger partial charge in [-0.05, 0) is 50.1 Å². The summed E-state index contributed by atoms with van der Waals surface area (Å²) in [6.07, 6.45) is 0.717. The molecule has 0 aliphatic carbocycles. The third kappa shape index (κ3) is 8.05. The minimum Gasteiger partial charge on any atom is -0.484 e. The minimum absolute atomic E-state index is 0.153. The third-order valence-electron chi connectivity index (χ3n) is 4.51. The van der Waals surface area contributed by atoms with E-state index in [9.17, 15) is 9.59 Å². The highest BCUT2D eigenvalue weighted by molar-refractivity contribution is 6.30. The predicted molar refractivity (Wildman–Crippen MR) is 118 cm³/mol. The smallest absolute Gasteiger partial charge is 0.261 e. The highest BCUT2D eigenvalue weighted by Gasteiger charge is 2.26. The summed E-state index contributed by atoms with van der Waals surface area (Å²) in [6, 6.07) is 15.7. The van der Waals surface area contributed by atoms with Crippen molar-refractivity contribution in [3.63, 3.8) is 0 Å². The SMILES string of the molecule is CCOCCCNC(=O)C(C)N(Cc1ccc(Cl)cc1)C(=O)COc1ccccc1. The Labute approximate surface area is 183 Å². The molecule has 0 spiro atoms. The fourth-order valence-corrected chi connectivity index (χ4v) is 2.92. The van der Waals surface area contributed by atoms with Crippen LogP contribution in [0.4, 0.5) is 0 Å². The van der Waals surface area contributed by atoms with Crippen molar-refractivity contribution in [2.75, 3.05) is 26.4 Å². The van der Waals surface area contributed by atoms with Crippen LogP contribution in [0.5, 0.6) is 5.75 Å². The van der Waals surface area contributed by atoms with Crippen LogP contribution in [0.15, 0.2) is 54.6 Å². The number of para-hydroxylation sites is 1. The van der Waals surface area contributed by atoms with Crippen LogP contribution in [0.3, 0.4) is 0 Å². The highest BCUT2D eigenvalue weighted by atomic mass is 35.5. The first-order valence-electron chi connectivity index (χ1n) is 10.1. The summed E-state index contributed by atoms with van der Waals surface area (Å²) in [5.74, 6) is 0.115. The van der Waals surface area contributed by atoms with Crippen molar-refractivity contribution < 1.29 is 19.1 Å². The van der Waals surface area contributed by atoms with Gasteiger partial charge in [-0.3, -0.25) is 9.59 Å². The molecule has 0 aliphatic rings. The molecule has 0 heterocycles. The van der Waals surface area contributed by atoms with Gasteiger partial charge in [0, 0.05) is 31.3 Å². The summed E-state index contributed by atoms with van der Waals surface area (Å²) in [4.78, 5) is 27.1. The number of rotatable bonds is 12. The van der Waals surface area contributed by atoms with E-state index in [-0.39, 0.29) is 25.0 Å². The Hall–Kier alpha value is -2.57. The first-order chi connectivity index (χ1) is 14.5. The lowest BCUT2D eigenvalue weighted by Gasteiger charge is -2.28. The molecule has 162 valence electrons. The zero-order valence-corrected chi connectivity index (χ0v) is 18.2. The quantitative estimate of drug-likeness (QED) is 0.519. The second kappa shape index (κ2) is 12.9. The molecule has 6 nitrogen and oxygen atoms in total. The molecular weight excluding hydrogens is 404 g/mol. The Morgan fingerprint density at radius 2 is 1.80 bits per heavy atom. The molecule has 1 atom stereocenters. The Morgan fingerprint density at radius 1 is 1.10 bits per heavy atom. The van der Waals surface area contributed by atoms with Gasteiger partial charge in [0.1, 0.15) is 11.8 Å². The van der Waals surface area contributed by atoms with Gasteiger partial charge in [0.15, 0.2) is 6.61 Å². The number of hydrogen-bond donors (Lipinski definition) is 1. The second-order valence-corrected chi connectivity index (χ2v) is 7.20. The van der Waals surface area contributed by atoms with E-state index in [4.69, 9.17) is 21.1 Å². The molecular formula is C23H29ClN2O4. The molecule has 2 rings (SSSR count). The molecule has 7 heteroatoms. The normalized spacial score (nSPS) is 11.6. The van der Waals surface area contributed by atoms with E-state index in [2.05, 4.69) is 5.32 Å². The van der Waals surface area contributed by atoms with E-state index >= 15 is 0 Å². The zero-order chi connectivity index (χ0) is 21.8. The maximum Gasteiger partial charge on any atom is 0.261 e. The number of ether oxygens (including phenoxy) is 2. The van der Waals surface area contributed by atoms with Gasteiger partial charge in [-0.1, -0.05) is 41.9 Å². The summed E-state index contributed by atoms with van der Waals surface area (Å²) in [5.41, 5.74) is 0.878. The average molecular weight is 433 g/mol. The van der Waals surface area contributed by atoms with Crippen LogP contribution in [0.1, 0.15) is 25.8 Å². The topological polar surface area (TPSA) is 67.9 Å². The lowest BCUT2D eigenvalue weighted by Crippen LogP contribution is -2.49. The number of carbonyl (C=O) groups is 2. The molecule has 0 bridgehead atoms. The first-order valence-corrected chi connectivity index (χ1v) is 10.5. The van der Waals surface area contributed by atoms with Gasteiger partial charge in [0.25, 0.3) is 5.91 Å². The fourth-order valence-electron chi connectivity index (χ4n) is 2.79. The first kappa shape index (κ1) is 23.7. The molecule has 2 aromatic rings. The predicted octanol–water partition coefficient (Wildman–Crippen LogP) is 3.68. The van der Waals surface area contributed by atoms with Gasteiger partial charge in [-0.2, -0.15) is 0 Å². The van der Waals surface area contributed by atoms with Gasteiger partial charge in [0.05, 0.1) is 0 Å². The molecule has 0 fully saturated rings. The van der Waals surface area contributed by atoms with Crippen LogP contribution in [0.2, 0.25) is 5.02 Å². The van der Waals surface area contributed by atoms with E-state index in [1.807, 2.05) is 37.3 Å². The summed E-state index contributed by atoms with van der Waals surface area (Å²) < 4.78 is 10.9. The number of amides is 2. The van der Waals surface area contributed by atoms with Gasteiger partial charge >= 0.3 is 0 Å². The Morgan fingerprint density at radius 3 is 2.47 bits per heavy atom. The van der Waals surface area contributed by atoms with Crippen molar-refractivity contribution in [2.24, 2.45) is 0 Å². The van der Waals surface area contributed by atoms with Crippen LogP contribution >= 0.6 is 11.6 Å². The maximum absolute atomic E-state index is 12.9. The van der Waals surface area contributed by atoms with E-state index in [0.717, 1.165) is 5.56 Å². The number of carbonyl (C=O) groups excluding carboxylic acids is 2. The van der Waals surface area contributed by atoms with Crippen molar-refractivity contribution in [1.82, 2.24) is 10.2 Å². The molecule has 0 aromatic heterocycles. The molecule has 0 radical (unpaired) electrons. The van der Waals surface area contributed by atoms with Crippen molar-refractivity contribution in [2.45, 2.75) is 32.9 Å². The summed E-state index contributed by atoms with van der Waals surface area (Å²) in [5, 5.41) is 3.49. The fraction of sp³-hybridized carbons (Fsp3) is 0.391. The zero-order valence-electron chi connectivity index (χ0n) is 17.5. The third-order valence-corrected chi connectivity index (χ3v) is 4.76. The van der Waals surface area contributed by atoms with Crippen LogP contribution < -0.4 is 10.1 Å². The Bertz CT molecular complexity index is 784. The van der Waals surface area contributed by atoms with Crippen LogP contribution in [-0.4, -0.2) is 49.1 Å². The number of benzene rings is 2. The van der Waals surface area contributed by atoms with Gasteiger partial charge in [0.2, 0.25) is 5.91 Å². The Kier molecular flexibility index (Phi) is 10.2. The monoisotopic (exact) mass is 432 g/mol. The number of nitrogens with zero attached hydrogens (tertiary/aromatic N) is 1. The number of nitrogens with one attached hydrogen (secondary N) is 1. The van der Waals surface area contributed by atoms with Crippen LogP contribution in [0, 0.1) is 0 Å². The molecule has 30 heavy (non-hydrogen) atoms. The maximum atomic E-state index is 12.9. The highest BCUT2D eigenvalue weighted by Crippen LogP contribution is 2.15.